The average Bonchev–Trinajstić information content (AvgIpc) is 2.96. The normalized spacial score (nSPS) is 24.8. The van der Waals surface area contributed by atoms with E-state index in [0.717, 1.165) is 0 Å². The predicted octanol–water partition coefficient (Wildman–Crippen LogP) is 4.46. The molecule has 6 heteroatoms. The molecule has 159 valence electrons. The Balaban J connectivity index is 1.79. The van der Waals surface area contributed by atoms with Gasteiger partial charge in [-0.25, -0.2) is 9.59 Å². The SMILES string of the molecule is CC(C)(C)OC(=O)N1CC(c2ccccc2)C(C2[CH]CN2C(=O)OC(C)(C)C)C1. The van der Waals surface area contributed by atoms with E-state index in [2.05, 4.69) is 18.6 Å². The van der Waals surface area contributed by atoms with E-state index >= 15 is 0 Å². The van der Waals surface area contributed by atoms with Crippen molar-refractivity contribution in [3.05, 3.63) is 42.3 Å². The van der Waals surface area contributed by atoms with E-state index in [0.29, 0.717) is 19.6 Å². The molecular formula is C23H33N2O4. The van der Waals surface area contributed by atoms with Gasteiger partial charge in [0, 0.05) is 43.9 Å². The summed E-state index contributed by atoms with van der Waals surface area (Å²) < 4.78 is 11.2. The largest absolute Gasteiger partial charge is 0.444 e. The fourth-order valence-corrected chi connectivity index (χ4v) is 3.96. The van der Waals surface area contributed by atoms with Crippen molar-refractivity contribution < 1.29 is 19.1 Å². The quantitative estimate of drug-likeness (QED) is 0.734. The van der Waals surface area contributed by atoms with Gasteiger partial charge in [0.05, 0.1) is 0 Å². The molecule has 2 fully saturated rings. The van der Waals surface area contributed by atoms with Crippen molar-refractivity contribution in [3.8, 4) is 0 Å². The smallest absolute Gasteiger partial charge is 0.410 e. The fraction of sp³-hybridized carbons (Fsp3) is 0.609. The van der Waals surface area contributed by atoms with Gasteiger partial charge in [0.1, 0.15) is 11.2 Å². The molecule has 2 aliphatic heterocycles. The first-order valence-corrected chi connectivity index (χ1v) is 10.3. The Kier molecular flexibility index (Phi) is 5.84. The van der Waals surface area contributed by atoms with E-state index in [1.54, 1.807) is 9.80 Å². The maximum atomic E-state index is 12.7. The Morgan fingerprint density at radius 1 is 0.897 bits per heavy atom. The monoisotopic (exact) mass is 401 g/mol. The van der Waals surface area contributed by atoms with Crippen LogP contribution in [0.25, 0.3) is 0 Å². The molecule has 2 heterocycles. The fourth-order valence-electron chi connectivity index (χ4n) is 3.96. The summed E-state index contributed by atoms with van der Waals surface area (Å²) in [5, 5.41) is 0. The van der Waals surface area contributed by atoms with Crippen molar-refractivity contribution >= 4 is 12.2 Å². The molecule has 1 aromatic rings. The van der Waals surface area contributed by atoms with Crippen molar-refractivity contribution in [3.63, 3.8) is 0 Å². The summed E-state index contributed by atoms with van der Waals surface area (Å²) in [5.41, 5.74) is 0.101. The topological polar surface area (TPSA) is 59.1 Å². The molecule has 2 amide bonds. The van der Waals surface area contributed by atoms with Crippen molar-refractivity contribution in [2.45, 2.75) is 64.7 Å². The Hall–Kier alpha value is -2.24. The van der Waals surface area contributed by atoms with E-state index in [1.807, 2.05) is 59.7 Å². The van der Waals surface area contributed by atoms with Gasteiger partial charge in [0.25, 0.3) is 0 Å². The molecule has 29 heavy (non-hydrogen) atoms. The minimum Gasteiger partial charge on any atom is -0.444 e. The summed E-state index contributed by atoms with van der Waals surface area (Å²) in [5.74, 6) is 0.237. The summed E-state index contributed by atoms with van der Waals surface area (Å²) >= 11 is 0. The van der Waals surface area contributed by atoms with Crippen molar-refractivity contribution in [1.82, 2.24) is 9.80 Å². The van der Waals surface area contributed by atoms with Crippen LogP contribution in [0.3, 0.4) is 0 Å². The van der Waals surface area contributed by atoms with Gasteiger partial charge >= 0.3 is 12.2 Å². The highest BCUT2D eigenvalue weighted by atomic mass is 16.6. The Morgan fingerprint density at radius 3 is 2.00 bits per heavy atom. The van der Waals surface area contributed by atoms with Crippen LogP contribution < -0.4 is 0 Å². The maximum Gasteiger partial charge on any atom is 0.410 e. The molecule has 6 nitrogen and oxygen atoms in total. The van der Waals surface area contributed by atoms with Gasteiger partial charge in [-0.3, -0.25) is 0 Å². The molecule has 2 saturated heterocycles. The van der Waals surface area contributed by atoms with Crippen LogP contribution in [0, 0.1) is 12.3 Å². The van der Waals surface area contributed by atoms with E-state index in [-0.39, 0.29) is 30.1 Å². The molecule has 2 aliphatic rings. The summed E-state index contributed by atoms with van der Waals surface area (Å²) in [6, 6.07) is 10.1. The third-order valence-corrected chi connectivity index (χ3v) is 5.21. The van der Waals surface area contributed by atoms with Crippen LogP contribution in [-0.2, 0) is 9.47 Å². The third-order valence-electron chi connectivity index (χ3n) is 5.21. The third kappa shape index (κ3) is 5.22. The number of rotatable bonds is 2. The van der Waals surface area contributed by atoms with Crippen LogP contribution in [0.15, 0.2) is 30.3 Å². The lowest BCUT2D eigenvalue weighted by Gasteiger charge is -2.45. The molecule has 0 N–H and O–H groups in total. The maximum absolute atomic E-state index is 12.7. The van der Waals surface area contributed by atoms with Gasteiger partial charge in [0.15, 0.2) is 0 Å². The minimum absolute atomic E-state index is 0.0532. The van der Waals surface area contributed by atoms with Crippen LogP contribution in [0.4, 0.5) is 9.59 Å². The van der Waals surface area contributed by atoms with Crippen molar-refractivity contribution in [1.29, 1.82) is 0 Å². The molecule has 0 aliphatic carbocycles. The molecule has 0 saturated carbocycles. The zero-order valence-corrected chi connectivity index (χ0v) is 18.3. The van der Waals surface area contributed by atoms with Crippen LogP contribution in [0.1, 0.15) is 53.0 Å². The summed E-state index contributed by atoms with van der Waals surface area (Å²) in [4.78, 5) is 28.9. The second-order valence-corrected chi connectivity index (χ2v) is 9.93. The number of nitrogens with zero attached hydrogens (tertiary/aromatic N) is 2. The minimum atomic E-state index is -0.539. The lowest BCUT2D eigenvalue weighted by Crippen LogP contribution is -2.57. The second kappa shape index (κ2) is 7.88. The molecule has 3 rings (SSSR count). The number of ether oxygens (including phenoxy) is 2. The van der Waals surface area contributed by atoms with Gasteiger partial charge < -0.3 is 19.3 Å². The van der Waals surface area contributed by atoms with E-state index < -0.39 is 11.2 Å². The average molecular weight is 402 g/mol. The summed E-state index contributed by atoms with van der Waals surface area (Å²) in [6.45, 7) is 12.9. The molecule has 3 atom stereocenters. The standard InChI is InChI=1S/C23H33N2O4/c1-22(2,3)28-20(26)24-14-17(16-10-8-7-9-11-16)18(15-24)19-12-13-25(19)21(27)29-23(4,5)6/h7-12,17-19H,13-15H2,1-6H3. The number of likely N-dealkylation sites (tertiary alicyclic amines) is 2. The number of hydrogen-bond acceptors (Lipinski definition) is 4. The second-order valence-electron chi connectivity index (χ2n) is 9.93. The van der Waals surface area contributed by atoms with Crippen LogP contribution in [-0.4, -0.2) is 58.9 Å². The van der Waals surface area contributed by atoms with Gasteiger partial charge in [-0.2, -0.15) is 0 Å². The lowest BCUT2D eigenvalue weighted by molar-refractivity contribution is -0.00102. The van der Waals surface area contributed by atoms with Crippen LogP contribution in [0.5, 0.6) is 0 Å². The van der Waals surface area contributed by atoms with Gasteiger partial charge in [-0.05, 0) is 47.1 Å². The lowest BCUT2D eigenvalue weighted by atomic mass is 9.79. The number of benzene rings is 1. The van der Waals surface area contributed by atoms with Crippen molar-refractivity contribution in [2.24, 2.45) is 5.92 Å². The summed E-state index contributed by atoms with van der Waals surface area (Å²) in [6.07, 6.45) is 1.54. The Bertz CT molecular complexity index is 735. The molecule has 0 spiro atoms. The molecule has 3 unspecified atom stereocenters. The molecular weight excluding hydrogens is 368 g/mol. The van der Waals surface area contributed by atoms with Gasteiger partial charge in [-0.15, -0.1) is 0 Å². The van der Waals surface area contributed by atoms with Crippen LogP contribution >= 0.6 is 0 Å². The first-order valence-electron chi connectivity index (χ1n) is 10.3. The first-order chi connectivity index (χ1) is 13.4. The zero-order chi connectivity index (χ0) is 21.4. The van der Waals surface area contributed by atoms with E-state index in [1.165, 1.54) is 5.56 Å². The van der Waals surface area contributed by atoms with Crippen LogP contribution in [0.2, 0.25) is 0 Å². The highest BCUT2D eigenvalue weighted by Crippen LogP contribution is 2.41. The summed E-state index contributed by atoms with van der Waals surface area (Å²) in [7, 11) is 0. The molecule has 0 aromatic heterocycles. The zero-order valence-electron chi connectivity index (χ0n) is 18.3. The van der Waals surface area contributed by atoms with Gasteiger partial charge in [-0.1, -0.05) is 30.3 Å². The van der Waals surface area contributed by atoms with Crippen molar-refractivity contribution in [2.75, 3.05) is 19.6 Å². The predicted molar refractivity (Wildman–Crippen MR) is 112 cm³/mol. The van der Waals surface area contributed by atoms with E-state index in [9.17, 15) is 9.59 Å². The highest BCUT2D eigenvalue weighted by molar-refractivity contribution is 5.71. The number of amides is 2. The molecule has 1 aromatic carbocycles. The molecule has 0 bridgehead atoms. The Morgan fingerprint density at radius 2 is 1.48 bits per heavy atom. The first kappa shape index (κ1) is 21.5. The highest BCUT2D eigenvalue weighted by Gasteiger charge is 2.48. The molecule has 1 radical (unpaired) electrons. The number of carbonyl (C=O) groups is 2. The number of hydrogen-bond donors (Lipinski definition) is 0. The Labute approximate surface area is 174 Å². The van der Waals surface area contributed by atoms with Gasteiger partial charge in [0.2, 0.25) is 0 Å². The number of carbonyl (C=O) groups excluding carboxylic acids is 2. The van der Waals surface area contributed by atoms with E-state index in [4.69, 9.17) is 9.47 Å².